The van der Waals surface area contributed by atoms with Crippen molar-refractivity contribution in [2.24, 2.45) is 0 Å². The van der Waals surface area contributed by atoms with E-state index in [0.717, 1.165) is 4.47 Å². The molecule has 160 valence electrons. The summed E-state index contributed by atoms with van der Waals surface area (Å²) in [6, 6.07) is 12.1. The first kappa shape index (κ1) is 21.3. The molecule has 0 fully saturated rings. The molecule has 0 aliphatic heterocycles. The van der Waals surface area contributed by atoms with Gasteiger partial charge in [0.05, 0.1) is 0 Å². The van der Waals surface area contributed by atoms with E-state index in [0.29, 0.717) is 16.4 Å². The lowest BCUT2D eigenvalue weighted by Crippen LogP contribution is -2.28. The lowest BCUT2D eigenvalue weighted by Gasteiger charge is -2.07. The molecule has 4 rings (SSSR count). The fourth-order valence-electron chi connectivity index (χ4n) is 2.97. The second-order valence-electron chi connectivity index (χ2n) is 6.67. The molecular weight excluding hydrogens is 482 g/mol. The van der Waals surface area contributed by atoms with Gasteiger partial charge in [-0.3, -0.25) is 4.79 Å². The maximum atomic E-state index is 12.6. The van der Waals surface area contributed by atoms with Gasteiger partial charge in [-0.15, -0.1) is 6.58 Å². The Kier molecular flexibility index (Phi) is 5.74. The van der Waals surface area contributed by atoms with Crippen LogP contribution in [0.4, 0.5) is 0 Å². The Balaban J connectivity index is 1.64. The molecule has 4 aromatic rings. The maximum Gasteiger partial charge on any atom is 0.351 e. The maximum absolute atomic E-state index is 12.6. The molecule has 0 radical (unpaired) electrons. The summed E-state index contributed by atoms with van der Waals surface area (Å²) in [5, 5.41) is 3.49. The van der Waals surface area contributed by atoms with Crippen LogP contribution in [-0.4, -0.2) is 18.4 Å². The first-order valence-corrected chi connectivity index (χ1v) is 10.1. The van der Waals surface area contributed by atoms with Gasteiger partial charge in [-0.2, -0.15) is 0 Å². The smallest absolute Gasteiger partial charge is 0.351 e. The van der Waals surface area contributed by atoms with Crippen molar-refractivity contribution in [1.82, 2.24) is 5.32 Å². The summed E-state index contributed by atoms with van der Waals surface area (Å²) < 4.78 is 16.4. The normalized spacial score (nSPS) is 10.8. The number of hydrogen-bond donors (Lipinski definition) is 1. The molecule has 0 unspecified atom stereocenters. The first-order chi connectivity index (χ1) is 15.4. The monoisotopic (exact) mass is 495 g/mol. The van der Waals surface area contributed by atoms with Crippen LogP contribution in [0.15, 0.2) is 84.1 Å². The van der Waals surface area contributed by atoms with E-state index < -0.39 is 23.1 Å². The molecular formula is C23H14BrNO7. The summed E-state index contributed by atoms with van der Waals surface area (Å²) in [6.45, 7) is 3.69. The van der Waals surface area contributed by atoms with Gasteiger partial charge < -0.3 is 18.9 Å². The predicted octanol–water partition coefficient (Wildman–Crippen LogP) is 3.80. The zero-order chi connectivity index (χ0) is 22.8. The van der Waals surface area contributed by atoms with Crippen LogP contribution in [0.3, 0.4) is 0 Å². The van der Waals surface area contributed by atoms with Crippen molar-refractivity contribution < 1.29 is 23.2 Å². The molecule has 0 aliphatic carbocycles. The summed E-state index contributed by atoms with van der Waals surface area (Å²) in [4.78, 5) is 49.0. The van der Waals surface area contributed by atoms with Crippen LogP contribution in [0.1, 0.15) is 20.7 Å². The third kappa shape index (κ3) is 4.23. The van der Waals surface area contributed by atoms with E-state index >= 15 is 0 Å². The summed E-state index contributed by atoms with van der Waals surface area (Å²) in [7, 11) is 0. The number of amides is 1. The van der Waals surface area contributed by atoms with Crippen LogP contribution >= 0.6 is 15.9 Å². The molecule has 0 spiro atoms. The largest absolute Gasteiger partial charge is 0.423 e. The van der Waals surface area contributed by atoms with Gasteiger partial charge in [-0.1, -0.05) is 22.0 Å². The third-order valence-corrected chi connectivity index (χ3v) is 4.98. The fraction of sp³-hybridized carbons (Fsp3) is 0.0435. The molecule has 8 nitrogen and oxygen atoms in total. The number of nitrogens with one attached hydrogen (secondary N) is 1. The van der Waals surface area contributed by atoms with Gasteiger partial charge in [-0.05, 0) is 42.5 Å². The zero-order valence-corrected chi connectivity index (χ0v) is 17.9. The molecule has 0 aliphatic rings. The average molecular weight is 496 g/mol. The van der Waals surface area contributed by atoms with E-state index in [1.165, 1.54) is 36.4 Å². The Labute approximate surface area is 188 Å². The Morgan fingerprint density at radius 2 is 1.66 bits per heavy atom. The van der Waals surface area contributed by atoms with Gasteiger partial charge in [0, 0.05) is 27.9 Å². The van der Waals surface area contributed by atoms with Crippen LogP contribution in [0, 0.1) is 0 Å². The van der Waals surface area contributed by atoms with Crippen LogP contribution in [0.25, 0.3) is 21.9 Å². The zero-order valence-electron chi connectivity index (χ0n) is 16.3. The van der Waals surface area contributed by atoms with E-state index in [9.17, 15) is 19.2 Å². The van der Waals surface area contributed by atoms with E-state index in [4.69, 9.17) is 13.6 Å². The van der Waals surface area contributed by atoms with E-state index in [-0.39, 0.29) is 29.0 Å². The number of rotatable bonds is 5. The molecule has 2 heterocycles. The van der Waals surface area contributed by atoms with Crippen molar-refractivity contribution >= 4 is 49.7 Å². The molecule has 1 amide bonds. The van der Waals surface area contributed by atoms with Crippen LogP contribution in [-0.2, 0) is 0 Å². The van der Waals surface area contributed by atoms with Crippen molar-refractivity contribution in [2.45, 2.75) is 0 Å². The van der Waals surface area contributed by atoms with Gasteiger partial charge in [0.25, 0.3) is 5.91 Å². The number of hydrogen-bond acceptors (Lipinski definition) is 7. The topological polar surface area (TPSA) is 116 Å². The SMILES string of the molecule is C=CCNC(=O)c1cc2ccc(OC(=O)c3cc4cc(Br)ccc4oc3=O)cc2oc1=O. The number of fused-ring (bicyclic) bond motifs is 2. The summed E-state index contributed by atoms with van der Waals surface area (Å²) in [5.74, 6) is -1.48. The van der Waals surface area contributed by atoms with Gasteiger partial charge in [0.15, 0.2) is 0 Å². The van der Waals surface area contributed by atoms with Crippen LogP contribution in [0.2, 0.25) is 0 Å². The van der Waals surface area contributed by atoms with Crippen molar-refractivity contribution in [3.05, 3.63) is 97.6 Å². The Hall–Kier alpha value is -3.98. The number of carbonyl (C=O) groups excluding carboxylic acids is 2. The number of halogens is 1. The number of ether oxygens (including phenoxy) is 1. The highest BCUT2D eigenvalue weighted by molar-refractivity contribution is 9.10. The first-order valence-electron chi connectivity index (χ1n) is 9.28. The van der Waals surface area contributed by atoms with Gasteiger partial charge in [-0.25, -0.2) is 14.4 Å². The molecule has 0 saturated carbocycles. The summed E-state index contributed by atoms with van der Waals surface area (Å²) in [5.41, 5.74) is -1.70. The Bertz CT molecular complexity index is 1520. The molecule has 0 bridgehead atoms. The quantitative estimate of drug-likeness (QED) is 0.193. The van der Waals surface area contributed by atoms with Crippen LogP contribution in [0.5, 0.6) is 5.75 Å². The number of esters is 1. The standard InChI is InChI=1S/C23H14BrNO7/c1-2-7-25-20(26)16-9-12-3-5-15(11-19(12)32-21(16)27)30-22(28)17-10-13-8-14(24)4-6-18(13)31-23(17)29/h2-6,8-11H,1,7H2,(H,25,26). The van der Waals surface area contributed by atoms with Crippen LogP contribution < -0.4 is 21.3 Å². The van der Waals surface area contributed by atoms with Crippen molar-refractivity contribution in [3.8, 4) is 5.75 Å². The highest BCUT2D eigenvalue weighted by atomic mass is 79.9. The molecule has 0 atom stereocenters. The molecule has 9 heteroatoms. The van der Waals surface area contributed by atoms with Crippen molar-refractivity contribution in [2.75, 3.05) is 6.54 Å². The average Bonchev–Trinajstić information content (AvgIpc) is 2.76. The third-order valence-electron chi connectivity index (χ3n) is 4.48. The predicted molar refractivity (Wildman–Crippen MR) is 120 cm³/mol. The van der Waals surface area contributed by atoms with Gasteiger partial charge in [0.1, 0.15) is 28.0 Å². The fourth-order valence-corrected chi connectivity index (χ4v) is 3.35. The van der Waals surface area contributed by atoms with E-state index in [2.05, 4.69) is 27.8 Å². The van der Waals surface area contributed by atoms with Crippen molar-refractivity contribution in [1.29, 1.82) is 0 Å². The molecule has 32 heavy (non-hydrogen) atoms. The summed E-state index contributed by atoms with van der Waals surface area (Å²) in [6.07, 6.45) is 1.48. The Morgan fingerprint density at radius 1 is 0.938 bits per heavy atom. The highest BCUT2D eigenvalue weighted by Gasteiger charge is 2.18. The summed E-state index contributed by atoms with van der Waals surface area (Å²) >= 11 is 3.32. The molecule has 2 aromatic heterocycles. The molecule has 1 N–H and O–H groups in total. The van der Waals surface area contributed by atoms with Gasteiger partial charge in [0.2, 0.25) is 0 Å². The molecule has 0 saturated heterocycles. The number of carbonyl (C=O) groups is 2. The lowest BCUT2D eigenvalue weighted by atomic mass is 10.1. The molecule has 2 aromatic carbocycles. The van der Waals surface area contributed by atoms with Gasteiger partial charge >= 0.3 is 17.2 Å². The minimum Gasteiger partial charge on any atom is -0.423 e. The minimum atomic E-state index is -0.928. The number of benzene rings is 2. The minimum absolute atomic E-state index is 0.0447. The van der Waals surface area contributed by atoms with Crippen molar-refractivity contribution in [3.63, 3.8) is 0 Å². The Morgan fingerprint density at radius 3 is 2.44 bits per heavy atom. The van der Waals surface area contributed by atoms with E-state index in [1.807, 2.05) is 0 Å². The second kappa shape index (κ2) is 8.64. The lowest BCUT2D eigenvalue weighted by molar-refractivity contribution is 0.0730. The van der Waals surface area contributed by atoms with E-state index in [1.54, 1.807) is 18.2 Å². The second-order valence-corrected chi connectivity index (χ2v) is 7.58. The highest BCUT2D eigenvalue weighted by Crippen LogP contribution is 2.23.